The number of nitrogens with one attached hydrogen (secondary N) is 1. The standard InChI is InChI=1S/C19H23NO4/c1-17-11-24-19(10-13(17)8-9-18(17,19)2)16(22)20-14-6-4-12(5-7-14)15(21)23-3/h4-7,13H,8-11H2,1-3H3,(H,20,22)/t13-,17+,18-,19+/m0/s1. The lowest BCUT2D eigenvalue weighted by Gasteiger charge is -2.40. The number of rotatable bonds is 3. The summed E-state index contributed by atoms with van der Waals surface area (Å²) in [6, 6.07) is 6.76. The van der Waals surface area contributed by atoms with E-state index in [0.29, 0.717) is 23.8 Å². The molecule has 1 heterocycles. The number of methoxy groups -OCH3 is 1. The quantitative estimate of drug-likeness (QED) is 0.866. The first-order valence-electron chi connectivity index (χ1n) is 8.50. The highest BCUT2D eigenvalue weighted by Gasteiger charge is 2.78. The largest absolute Gasteiger partial charge is 0.465 e. The summed E-state index contributed by atoms with van der Waals surface area (Å²) in [7, 11) is 1.35. The molecule has 0 unspecified atom stereocenters. The first-order chi connectivity index (χ1) is 11.4. The number of anilines is 1. The Kier molecular flexibility index (Phi) is 3.14. The summed E-state index contributed by atoms with van der Waals surface area (Å²) in [5, 5.41) is 3.00. The Morgan fingerprint density at radius 2 is 1.96 bits per heavy atom. The van der Waals surface area contributed by atoms with Gasteiger partial charge in [0.25, 0.3) is 5.91 Å². The highest BCUT2D eigenvalue weighted by atomic mass is 16.5. The van der Waals surface area contributed by atoms with Crippen molar-refractivity contribution in [3.8, 4) is 0 Å². The minimum absolute atomic E-state index is 0.0539. The third kappa shape index (κ3) is 1.68. The normalized spacial score (nSPS) is 39.0. The smallest absolute Gasteiger partial charge is 0.337 e. The highest BCUT2D eigenvalue weighted by Crippen LogP contribution is 2.75. The molecule has 2 aliphatic carbocycles. The van der Waals surface area contributed by atoms with Gasteiger partial charge in [-0.25, -0.2) is 4.79 Å². The molecule has 0 spiro atoms. The summed E-state index contributed by atoms with van der Waals surface area (Å²) in [5.74, 6) is 0.132. The van der Waals surface area contributed by atoms with Crippen LogP contribution in [0.5, 0.6) is 0 Å². The fourth-order valence-corrected chi connectivity index (χ4v) is 5.30. The summed E-state index contributed by atoms with van der Waals surface area (Å²) in [6.07, 6.45) is 3.05. The third-order valence-electron chi connectivity index (χ3n) is 7.13. The van der Waals surface area contributed by atoms with Gasteiger partial charge in [-0.2, -0.15) is 0 Å². The number of amides is 1. The zero-order valence-electron chi connectivity index (χ0n) is 14.3. The summed E-state index contributed by atoms with van der Waals surface area (Å²) >= 11 is 0. The molecule has 1 aliphatic heterocycles. The second-order valence-electron chi connectivity index (χ2n) is 7.83. The van der Waals surface area contributed by atoms with E-state index in [1.165, 1.54) is 13.5 Å². The van der Waals surface area contributed by atoms with Gasteiger partial charge in [-0.15, -0.1) is 0 Å². The molecule has 3 fully saturated rings. The van der Waals surface area contributed by atoms with Crippen LogP contribution in [0.1, 0.15) is 43.5 Å². The monoisotopic (exact) mass is 329 g/mol. The van der Waals surface area contributed by atoms with Crippen molar-refractivity contribution in [3.05, 3.63) is 29.8 Å². The molecule has 1 aromatic carbocycles. The molecular weight excluding hydrogens is 306 g/mol. The SMILES string of the molecule is COC(=O)c1ccc(NC(=O)[C@]23C[C@@H]4CC[C@@]2(C)[C@]4(C)CO3)cc1. The van der Waals surface area contributed by atoms with Crippen LogP contribution in [0.2, 0.25) is 0 Å². The van der Waals surface area contributed by atoms with E-state index in [9.17, 15) is 9.59 Å². The maximum atomic E-state index is 13.1. The minimum atomic E-state index is -0.717. The Morgan fingerprint density at radius 1 is 1.25 bits per heavy atom. The molecule has 2 saturated carbocycles. The number of ether oxygens (including phenoxy) is 2. The lowest BCUT2D eigenvalue weighted by molar-refractivity contribution is -0.149. The van der Waals surface area contributed by atoms with E-state index in [2.05, 4.69) is 23.9 Å². The Bertz CT molecular complexity index is 715. The van der Waals surface area contributed by atoms with E-state index in [1.54, 1.807) is 24.3 Å². The van der Waals surface area contributed by atoms with Crippen LogP contribution in [-0.4, -0.2) is 31.2 Å². The van der Waals surface area contributed by atoms with E-state index in [1.807, 2.05) is 0 Å². The molecular formula is C19H23NO4. The zero-order chi connectivity index (χ0) is 17.2. The molecule has 1 N–H and O–H groups in total. The molecule has 1 saturated heterocycles. The van der Waals surface area contributed by atoms with Gasteiger partial charge in [0.2, 0.25) is 0 Å². The van der Waals surface area contributed by atoms with Crippen LogP contribution in [0, 0.1) is 16.7 Å². The Hall–Kier alpha value is -1.88. The molecule has 1 aromatic rings. The van der Waals surface area contributed by atoms with Crippen molar-refractivity contribution >= 4 is 17.6 Å². The maximum Gasteiger partial charge on any atom is 0.337 e. The van der Waals surface area contributed by atoms with E-state index in [4.69, 9.17) is 4.74 Å². The number of carbonyl (C=O) groups is 2. The van der Waals surface area contributed by atoms with Gasteiger partial charge >= 0.3 is 5.97 Å². The van der Waals surface area contributed by atoms with Crippen LogP contribution in [-0.2, 0) is 14.3 Å². The fraction of sp³-hybridized carbons (Fsp3) is 0.579. The summed E-state index contributed by atoms with van der Waals surface area (Å²) in [5.41, 5.74) is 0.432. The predicted molar refractivity (Wildman–Crippen MR) is 88.6 cm³/mol. The van der Waals surface area contributed by atoms with Crippen molar-refractivity contribution < 1.29 is 19.1 Å². The molecule has 24 heavy (non-hydrogen) atoms. The molecule has 128 valence electrons. The van der Waals surface area contributed by atoms with Crippen LogP contribution in [0.4, 0.5) is 5.69 Å². The highest BCUT2D eigenvalue weighted by molar-refractivity contribution is 5.99. The zero-order valence-corrected chi connectivity index (χ0v) is 14.3. The fourth-order valence-electron chi connectivity index (χ4n) is 5.30. The molecule has 4 bridgehead atoms. The van der Waals surface area contributed by atoms with Gasteiger partial charge in [0.05, 0.1) is 19.3 Å². The molecule has 5 nitrogen and oxygen atoms in total. The van der Waals surface area contributed by atoms with Gasteiger partial charge in [-0.05, 0) is 49.4 Å². The van der Waals surface area contributed by atoms with Crippen LogP contribution < -0.4 is 5.32 Å². The Labute approximate surface area is 141 Å². The number of hydrogen-bond acceptors (Lipinski definition) is 4. The summed E-state index contributed by atoms with van der Waals surface area (Å²) < 4.78 is 10.8. The van der Waals surface area contributed by atoms with Crippen LogP contribution in [0.3, 0.4) is 0 Å². The molecule has 4 rings (SSSR count). The van der Waals surface area contributed by atoms with Crippen LogP contribution >= 0.6 is 0 Å². The van der Waals surface area contributed by atoms with Crippen molar-refractivity contribution in [2.75, 3.05) is 19.0 Å². The number of carbonyl (C=O) groups excluding carboxylic acids is 2. The first kappa shape index (κ1) is 15.6. The van der Waals surface area contributed by atoms with Crippen molar-refractivity contribution in [1.82, 2.24) is 0 Å². The molecule has 4 atom stereocenters. The minimum Gasteiger partial charge on any atom is -0.465 e. The van der Waals surface area contributed by atoms with Gasteiger partial charge in [0.15, 0.2) is 5.60 Å². The number of esters is 1. The Balaban J connectivity index is 1.56. The number of hydrogen-bond donors (Lipinski definition) is 1. The van der Waals surface area contributed by atoms with Crippen molar-refractivity contribution in [2.24, 2.45) is 16.7 Å². The second-order valence-corrected chi connectivity index (χ2v) is 7.83. The number of benzene rings is 1. The predicted octanol–water partition coefficient (Wildman–Crippen LogP) is 3.01. The molecule has 3 aliphatic rings. The lowest BCUT2D eigenvalue weighted by Crippen LogP contribution is -2.52. The van der Waals surface area contributed by atoms with Gasteiger partial charge < -0.3 is 14.8 Å². The first-order valence-corrected chi connectivity index (χ1v) is 8.50. The van der Waals surface area contributed by atoms with E-state index in [0.717, 1.165) is 12.8 Å². The van der Waals surface area contributed by atoms with Gasteiger partial charge in [-0.3, -0.25) is 4.79 Å². The lowest BCUT2D eigenvalue weighted by atomic mass is 9.66. The third-order valence-corrected chi connectivity index (χ3v) is 7.13. The van der Waals surface area contributed by atoms with Crippen LogP contribution in [0.15, 0.2) is 24.3 Å². The second kappa shape index (κ2) is 4.82. The van der Waals surface area contributed by atoms with Gasteiger partial charge in [-0.1, -0.05) is 13.8 Å². The van der Waals surface area contributed by atoms with Crippen molar-refractivity contribution in [3.63, 3.8) is 0 Å². The molecule has 0 radical (unpaired) electrons. The average molecular weight is 329 g/mol. The van der Waals surface area contributed by atoms with E-state index >= 15 is 0 Å². The Morgan fingerprint density at radius 3 is 2.54 bits per heavy atom. The van der Waals surface area contributed by atoms with Gasteiger partial charge in [0, 0.05) is 16.5 Å². The van der Waals surface area contributed by atoms with Crippen LogP contribution in [0.25, 0.3) is 0 Å². The van der Waals surface area contributed by atoms with E-state index < -0.39 is 5.60 Å². The molecule has 5 heteroatoms. The maximum absolute atomic E-state index is 13.1. The molecule has 1 amide bonds. The summed E-state index contributed by atoms with van der Waals surface area (Å²) in [4.78, 5) is 24.6. The summed E-state index contributed by atoms with van der Waals surface area (Å²) in [6.45, 7) is 5.16. The van der Waals surface area contributed by atoms with Crippen molar-refractivity contribution in [2.45, 2.75) is 38.7 Å². The average Bonchev–Trinajstić information content (AvgIpc) is 3.06. The molecule has 0 aromatic heterocycles. The van der Waals surface area contributed by atoms with Gasteiger partial charge in [0.1, 0.15) is 0 Å². The van der Waals surface area contributed by atoms with Crippen molar-refractivity contribution in [1.29, 1.82) is 0 Å². The topological polar surface area (TPSA) is 64.6 Å². The van der Waals surface area contributed by atoms with E-state index in [-0.39, 0.29) is 22.7 Å².